The van der Waals surface area contributed by atoms with Crippen LogP contribution in [-0.4, -0.2) is 18.7 Å². The average molecular weight is 334 g/mol. The van der Waals surface area contributed by atoms with E-state index in [-0.39, 0.29) is 6.04 Å². The Kier molecular flexibility index (Phi) is 6.42. The summed E-state index contributed by atoms with van der Waals surface area (Å²) in [5, 5.41) is 4.62. The van der Waals surface area contributed by atoms with Crippen LogP contribution in [0.15, 0.2) is 24.4 Å². The number of benzene rings is 1. The van der Waals surface area contributed by atoms with Crippen LogP contribution in [0.2, 0.25) is 0 Å². The Balaban J connectivity index is 2.00. The highest BCUT2D eigenvalue weighted by molar-refractivity contribution is 7.11. The number of aromatic nitrogens is 1. The van der Waals surface area contributed by atoms with Gasteiger partial charge in [0.2, 0.25) is 0 Å². The van der Waals surface area contributed by atoms with Gasteiger partial charge in [0, 0.05) is 23.7 Å². The van der Waals surface area contributed by atoms with Gasteiger partial charge in [0.05, 0.1) is 18.7 Å². The lowest BCUT2D eigenvalue weighted by molar-refractivity contribution is 0.256. The fourth-order valence-corrected chi connectivity index (χ4v) is 2.93. The number of aryl methyl sites for hydroxylation is 1. The molecule has 0 fully saturated rings. The molecule has 1 heterocycles. The third-order valence-corrected chi connectivity index (χ3v) is 4.42. The van der Waals surface area contributed by atoms with Gasteiger partial charge >= 0.3 is 0 Å². The van der Waals surface area contributed by atoms with Gasteiger partial charge in [0.25, 0.3) is 0 Å². The van der Waals surface area contributed by atoms with Crippen LogP contribution in [0.4, 0.5) is 0 Å². The molecule has 5 heteroatoms. The minimum absolute atomic E-state index is 0.227. The molecule has 0 saturated heterocycles. The average Bonchev–Trinajstić information content (AvgIpc) is 2.95. The number of methoxy groups -OCH3 is 1. The summed E-state index contributed by atoms with van der Waals surface area (Å²) in [6.45, 7) is 9.95. The molecule has 4 nitrogen and oxygen atoms in total. The van der Waals surface area contributed by atoms with E-state index in [9.17, 15) is 0 Å². The summed E-state index contributed by atoms with van der Waals surface area (Å²) in [5.74, 6) is 2.07. The summed E-state index contributed by atoms with van der Waals surface area (Å²) >= 11 is 1.73. The number of thiazole rings is 1. The Morgan fingerprint density at radius 1 is 1.22 bits per heavy atom. The topological polar surface area (TPSA) is 43.4 Å². The van der Waals surface area contributed by atoms with Crippen LogP contribution < -0.4 is 14.8 Å². The monoisotopic (exact) mass is 334 g/mol. The first-order valence-electron chi connectivity index (χ1n) is 7.95. The molecule has 0 aliphatic rings. The molecule has 1 unspecified atom stereocenters. The summed E-state index contributed by atoms with van der Waals surface area (Å²) in [7, 11) is 1.68. The van der Waals surface area contributed by atoms with Crippen molar-refractivity contribution in [3.8, 4) is 11.5 Å². The summed E-state index contributed by atoms with van der Waals surface area (Å²) < 4.78 is 11.3. The van der Waals surface area contributed by atoms with Crippen molar-refractivity contribution in [2.75, 3.05) is 13.7 Å². The van der Waals surface area contributed by atoms with Gasteiger partial charge in [-0.3, -0.25) is 0 Å². The summed E-state index contributed by atoms with van der Waals surface area (Å²) in [4.78, 5) is 5.53. The van der Waals surface area contributed by atoms with Gasteiger partial charge in [0.1, 0.15) is 0 Å². The second-order valence-electron chi connectivity index (χ2n) is 6.06. The predicted molar refractivity (Wildman–Crippen MR) is 95.4 cm³/mol. The first-order chi connectivity index (χ1) is 11.0. The Bertz CT molecular complexity index is 625. The zero-order chi connectivity index (χ0) is 16.8. The summed E-state index contributed by atoms with van der Waals surface area (Å²) in [5.41, 5.74) is 1.18. The first-order valence-corrected chi connectivity index (χ1v) is 8.76. The normalized spacial score (nSPS) is 12.4. The van der Waals surface area contributed by atoms with E-state index in [1.807, 2.05) is 25.3 Å². The molecule has 0 saturated carbocycles. The largest absolute Gasteiger partial charge is 0.493 e. The van der Waals surface area contributed by atoms with Crippen LogP contribution in [-0.2, 0) is 6.54 Å². The van der Waals surface area contributed by atoms with Crippen LogP contribution in [0.3, 0.4) is 0 Å². The molecule has 0 amide bonds. The van der Waals surface area contributed by atoms with Gasteiger partial charge in [-0.25, -0.2) is 4.98 Å². The number of nitrogens with zero attached hydrogens (tertiary/aromatic N) is 1. The van der Waals surface area contributed by atoms with E-state index < -0.39 is 0 Å². The van der Waals surface area contributed by atoms with Gasteiger partial charge in [-0.2, -0.15) is 0 Å². The van der Waals surface area contributed by atoms with E-state index in [0.717, 1.165) is 23.1 Å². The number of hydrogen-bond donors (Lipinski definition) is 1. The number of hydrogen-bond acceptors (Lipinski definition) is 5. The highest BCUT2D eigenvalue weighted by atomic mass is 32.1. The van der Waals surface area contributed by atoms with E-state index in [1.54, 1.807) is 18.4 Å². The Hall–Kier alpha value is -1.59. The molecule has 0 radical (unpaired) electrons. The number of rotatable bonds is 8. The van der Waals surface area contributed by atoms with Gasteiger partial charge in [0.15, 0.2) is 11.5 Å². The van der Waals surface area contributed by atoms with Crippen molar-refractivity contribution in [2.45, 2.75) is 40.3 Å². The highest BCUT2D eigenvalue weighted by Gasteiger charge is 2.11. The molecule has 0 aliphatic carbocycles. The molecule has 1 N–H and O–H groups in total. The second kappa shape index (κ2) is 8.31. The zero-order valence-electron chi connectivity index (χ0n) is 14.6. The molecule has 2 rings (SSSR count). The summed E-state index contributed by atoms with van der Waals surface area (Å²) in [6.07, 6.45) is 1.93. The Morgan fingerprint density at radius 3 is 2.61 bits per heavy atom. The van der Waals surface area contributed by atoms with Crippen LogP contribution in [0.5, 0.6) is 11.5 Å². The van der Waals surface area contributed by atoms with E-state index >= 15 is 0 Å². The molecule has 0 spiro atoms. The molecular formula is C18H26N2O2S. The van der Waals surface area contributed by atoms with Crippen molar-refractivity contribution in [3.05, 3.63) is 39.8 Å². The standard InChI is InChI=1S/C18H26N2O2S/c1-12(2)11-22-17-7-6-15(8-18(17)21-5)13(3)19-9-16-10-20-14(4)23-16/h6-8,10,12-13,19H,9,11H2,1-5H3. The number of ether oxygens (including phenoxy) is 2. The van der Waals surface area contributed by atoms with Crippen molar-refractivity contribution >= 4 is 11.3 Å². The van der Waals surface area contributed by atoms with Crippen LogP contribution in [0.1, 0.15) is 42.3 Å². The van der Waals surface area contributed by atoms with Crippen molar-refractivity contribution in [2.24, 2.45) is 5.92 Å². The fourth-order valence-electron chi connectivity index (χ4n) is 2.19. The van der Waals surface area contributed by atoms with Gasteiger partial charge in [-0.05, 0) is 37.5 Å². The molecule has 0 bridgehead atoms. The fraction of sp³-hybridized carbons (Fsp3) is 0.500. The van der Waals surface area contributed by atoms with Gasteiger partial charge < -0.3 is 14.8 Å². The molecule has 1 aromatic carbocycles. The number of nitrogens with one attached hydrogen (secondary N) is 1. The molecule has 23 heavy (non-hydrogen) atoms. The maximum atomic E-state index is 5.80. The molecular weight excluding hydrogens is 308 g/mol. The maximum Gasteiger partial charge on any atom is 0.161 e. The molecule has 126 valence electrons. The van der Waals surface area contributed by atoms with E-state index in [4.69, 9.17) is 9.47 Å². The van der Waals surface area contributed by atoms with Gasteiger partial charge in [-0.1, -0.05) is 19.9 Å². The molecule has 1 aromatic heterocycles. The van der Waals surface area contributed by atoms with Crippen LogP contribution in [0.25, 0.3) is 0 Å². The minimum atomic E-state index is 0.227. The minimum Gasteiger partial charge on any atom is -0.493 e. The third kappa shape index (κ3) is 5.22. The smallest absolute Gasteiger partial charge is 0.161 e. The summed E-state index contributed by atoms with van der Waals surface area (Å²) in [6, 6.07) is 6.36. The lowest BCUT2D eigenvalue weighted by Crippen LogP contribution is -2.17. The molecule has 0 aliphatic heterocycles. The van der Waals surface area contributed by atoms with Crippen molar-refractivity contribution in [3.63, 3.8) is 0 Å². The molecule has 2 aromatic rings. The lowest BCUT2D eigenvalue weighted by atomic mass is 10.1. The maximum absolute atomic E-state index is 5.80. The predicted octanol–water partition coefficient (Wildman–Crippen LogP) is 4.35. The SMILES string of the molecule is COc1cc(C(C)NCc2cnc(C)s2)ccc1OCC(C)C. The Morgan fingerprint density at radius 2 is 2.00 bits per heavy atom. The van der Waals surface area contributed by atoms with Crippen molar-refractivity contribution in [1.82, 2.24) is 10.3 Å². The second-order valence-corrected chi connectivity index (χ2v) is 7.38. The van der Waals surface area contributed by atoms with Crippen molar-refractivity contribution in [1.29, 1.82) is 0 Å². The van der Waals surface area contributed by atoms with Crippen molar-refractivity contribution < 1.29 is 9.47 Å². The van der Waals surface area contributed by atoms with E-state index in [1.165, 1.54) is 10.4 Å². The molecule has 1 atom stereocenters. The quantitative estimate of drug-likeness (QED) is 0.779. The van der Waals surface area contributed by atoms with Crippen LogP contribution >= 0.6 is 11.3 Å². The highest BCUT2D eigenvalue weighted by Crippen LogP contribution is 2.30. The van der Waals surface area contributed by atoms with E-state index in [0.29, 0.717) is 12.5 Å². The van der Waals surface area contributed by atoms with E-state index in [2.05, 4.69) is 37.1 Å². The Labute approximate surface area is 142 Å². The van der Waals surface area contributed by atoms with Gasteiger partial charge in [-0.15, -0.1) is 11.3 Å². The van der Waals surface area contributed by atoms with Crippen LogP contribution in [0, 0.1) is 12.8 Å². The zero-order valence-corrected chi connectivity index (χ0v) is 15.4. The third-order valence-electron chi connectivity index (χ3n) is 3.51. The lowest BCUT2D eigenvalue weighted by Gasteiger charge is -2.17. The first kappa shape index (κ1) is 17.8.